The number of ether oxygens (including phenoxy) is 2. The molecule has 9 heteroatoms. The van der Waals surface area contributed by atoms with Gasteiger partial charge in [-0.15, -0.1) is 0 Å². The minimum atomic E-state index is -0.767. The van der Waals surface area contributed by atoms with Gasteiger partial charge in [0.25, 0.3) is 5.91 Å². The Balaban J connectivity index is 1.37. The fourth-order valence-corrected chi connectivity index (χ4v) is 2.89. The van der Waals surface area contributed by atoms with E-state index in [-0.39, 0.29) is 17.8 Å². The van der Waals surface area contributed by atoms with Crippen molar-refractivity contribution >= 4 is 46.0 Å². The van der Waals surface area contributed by atoms with E-state index in [2.05, 4.69) is 15.3 Å². The third-order valence-electron chi connectivity index (χ3n) is 4.04. The largest absolute Gasteiger partial charge is 0.481 e. The molecule has 1 amide bonds. The number of aromatic nitrogens is 2. The Morgan fingerprint density at radius 2 is 1.87 bits per heavy atom. The van der Waals surface area contributed by atoms with E-state index in [9.17, 15) is 4.79 Å². The van der Waals surface area contributed by atoms with Crippen LogP contribution in [0.3, 0.4) is 0 Å². The second kappa shape index (κ2) is 8.61. The second-order valence-corrected chi connectivity index (χ2v) is 7.09. The van der Waals surface area contributed by atoms with Crippen molar-refractivity contribution < 1.29 is 18.7 Å². The van der Waals surface area contributed by atoms with Crippen LogP contribution in [0, 0.1) is 0 Å². The lowest BCUT2D eigenvalue weighted by Crippen LogP contribution is -2.30. The number of rotatable bonds is 6. The number of hydrogen-bond acceptors (Lipinski definition) is 6. The smallest absolute Gasteiger partial charge is 0.400 e. The SMILES string of the molecule is C[C@@H](Oc1ccc(Oc2nc3ccc(Cl)cc3o2)cc1)C(=O)Nc1ncccc1Cl. The molecule has 0 radical (unpaired) electrons. The molecule has 0 aliphatic rings. The highest BCUT2D eigenvalue weighted by molar-refractivity contribution is 6.33. The number of amides is 1. The van der Waals surface area contributed by atoms with Crippen LogP contribution in [0.25, 0.3) is 11.1 Å². The highest BCUT2D eigenvalue weighted by Gasteiger charge is 2.17. The number of carbonyl (C=O) groups is 1. The van der Waals surface area contributed by atoms with Crippen LogP contribution in [0.1, 0.15) is 6.92 Å². The summed E-state index contributed by atoms with van der Waals surface area (Å²) >= 11 is 11.9. The van der Waals surface area contributed by atoms with Crippen molar-refractivity contribution in [3.8, 4) is 17.6 Å². The molecule has 0 saturated carbocycles. The normalized spacial score (nSPS) is 11.8. The van der Waals surface area contributed by atoms with Crippen LogP contribution in [-0.4, -0.2) is 22.0 Å². The van der Waals surface area contributed by atoms with Crippen LogP contribution < -0.4 is 14.8 Å². The van der Waals surface area contributed by atoms with Crippen LogP contribution in [0.5, 0.6) is 17.6 Å². The van der Waals surface area contributed by atoms with Crippen molar-refractivity contribution in [1.82, 2.24) is 9.97 Å². The van der Waals surface area contributed by atoms with Gasteiger partial charge in [-0.05, 0) is 55.5 Å². The molecule has 4 rings (SSSR count). The molecule has 1 N–H and O–H groups in total. The predicted octanol–water partition coefficient (Wildman–Crippen LogP) is 5.73. The maximum Gasteiger partial charge on any atom is 0.400 e. The lowest BCUT2D eigenvalue weighted by atomic mass is 10.3. The minimum Gasteiger partial charge on any atom is -0.481 e. The van der Waals surface area contributed by atoms with Crippen molar-refractivity contribution in [2.75, 3.05) is 5.32 Å². The van der Waals surface area contributed by atoms with E-state index >= 15 is 0 Å². The molecule has 152 valence electrons. The molecule has 0 fully saturated rings. The van der Waals surface area contributed by atoms with E-state index in [0.717, 1.165) is 0 Å². The zero-order valence-corrected chi connectivity index (χ0v) is 17.1. The van der Waals surface area contributed by atoms with Crippen molar-refractivity contribution in [2.24, 2.45) is 0 Å². The van der Waals surface area contributed by atoms with Crippen LogP contribution >= 0.6 is 23.2 Å². The summed E-state index contributed by atoms with van der Waals surface area (Å²) in [6.07, 6.45) is 0.870. The first-order valence-electron chi connectivity index (χ1n) is 8.90. The molecular weight excluding hydrogens is 429 g/mol. The molecule has 0 aliphatic heterocycles. The molecule has 0 bridgehead atoms. The molecule has 7 nitrogen and oxygen atoms in total. The molecule has 0 unspecified atom stereocenters. The van der Waals surface area contributed by atoms with Crippen molar-refractivity contribution in [3.05, 3.63) is 70.8 Å². The fraction of sp³-hybridized carbons (Fsp3) is 0.0952. The van der Waals surface area contributed by atoms with Gasteiger partial charge in [0, 0.05) is 17.3 Å². The van der Waals surface area contributed by atoms with E-state index in [1.807, 2.05) is 0 Å². The summed E-state index contributed by atoms with van der Waals surface area (Å²) in [7, 11) is 0. The van der Waals surface area contributed by atoms with Crippen molar-refractivity contribution in [2.45, 2.75) is 13.0 Å². The van der Waals surface area contributed by atoms with Crippen molar-refractivity contribution in [3.63, 3.8) is 0 Å². The summed E-state index contributed by atoms with van der Waals surface area (Å²) < 4.78 is 16.8. The zero-order valence-electron chi connectivity index (χ0n) is 15.6. The standard InChI is InChI=1S/C21H15Cl2N3O4/c1-12(20(27)26-19-16(23)3-2-10-24-19)28-14-5-7-15(8-6-14)29-21-25-17-9-4-13(22)11-18(17)30-21/h2-12H,1H3,(H,24,26,27)/t12-/m1/s1. The molecule has 2 aromatic heterocycles. The summed E-state index contributed by atoms with van der Waals surface area (Å²) in [5.41, 5.74) is 1.17. The molecule has 30 heavy (non-hydrogen) atoms. The Morgan fingerprint density at radius 1 is 1.10 bits per heavy atom. The van der Waals surface area contributed by atoms with Crippen LogP contribution in [0.15, 0.2) is 65.2 Å². The highest BCUT2D eigenvalue weighted by Crippen LogP contribution is 2.28. The number of fused-ring (bicyclic) bond motifs is 1. The Kier molecular flexibility index (Phi) is 5.74. The molecular formula is C21H15Cl2N3O4. The summed E-state index contributed by atoms with van der Waals surface area (Å²) in [5.74, 6) is 0.892. The number of nitrogens with zero attached hydrogens (tertiary/aromatic N) is 2. The van der Waals surface area contributed by atoms with Gasteiger partial charge in [0.15, 0.2) is 17.5 Å². The zero-order chi connectivity index (χ0) is 21.1. The van der Waals surface area contributed by atoms with Gasteiger partial charge in [0.05, 0.1) is 5.02 Å². The van der Waals surface area contributed by atoms with E-state index < -0.39 is 6.10 Å². The van der Waals surface area contributed by atoms with Crippen LogP contribution in [0.4, 0.5) is 5.82 Å². The number of hydrogen-bond donors (Lipinski definition) is 1. The molecule has 0 spiro atoms. The van der Waals surface area contributed by atoms with E-state index in [0.29, 0.717) is 32.6 Å². The predicted molar refractivity (Wildman–Crippen MR) is 114 cm³/mol. The van der Waals surface area contributed by atoms with Gasteiger partial charge in [-0.3, -0.25) is 4.79 Å². The van der Waals surface area contributed by atoms with Crippen molar-refractivity contribution in [1.29, 1.82) is 0 Å². The van der Waals surface area contributed by atoms with Gasteiger partial charge in [0.1, 0.15) is 17.0 Å². The lowest BCUT2D eigenvalue weighted by Gasteiger charge is -2.15. The summed E-state index contributed by atoms with van der Waals surface area (Å²) in [6, 6.07) is 15.2. The second-order valence-electron chi connectivity index (χ2n) is 6.25. The first-order chi connectivity index (χ1) is 14.5. The van der Waals surface area contributed by atoms with Crippen LogP contribution in [0.2, 0.25) is 10.0 Å². The minimum absolute atomic E-state index is 0.0981. The number of carbonyl (C=O) groups excluding carboxylic acids is 1. The van der Waals surface area contributed by atoms with Gasteiger partial charge in [-0.2, -0.15) is 4.98 Å². The number of benzene rings is 2. The number of pyridine rings is 1. The first kappa shape index (κ1) is 20.0. The molecule has 2 heterocycles. The third-order valence-corrected chi connectivity index (χ3v) is 4.58. The Hall–Kier alpha value is -3.29. The Labute approximate surface area is 181 Å². The van der Waals surface area contributed by atoms with Gasteiger partial charge in [-0.1, -0.05) is 23.2 Å². The Bertz CT molecular complexity index is 1190. The highest BCUT2D eigenvalue weighted by atomic mass is 35.5. The topological polar surface area (TPSA) is 86.5 Å². The number of anilines is 1. The molecule has 0 aliphatic carbocycles. The molecule has 0 saturated heterocycles. The number of halogens is 2. The molecule has 2 aromatic carbocycles. The van der Waals surface area contributed by atoms with Crippen LogP contribution in [-0.2, 0) is 4.79 Å². The average Bonchev–Trinajstić information content (AvgIpc) is 3.12. The third kappa shape index (κ3) is 4.64. The van der Waals surface area contributed by atoms with Gasteiger partial charge < -0.3 is 19.2 Å². The Morgan fingerprint density at radius 3 is 2.63 bits per heavy atom. The van der Waals surface area contributed by atoms with E-state index in [4.69, 9.17) is 37.1 Å². The van der Waals surface area contributed by atoms with Gasteiger partial charge >= 0.3 is 6.08 Å². The number of nitrogens with one attached hydrogen (secondary N) is 1. The molecule has 4 aromatic rings. The maximum atomic E-state index is 12.3. The maximum absolute atomic E-state index is 12.3. The fourth-order valence-electron chi connectivity index (χ4n) is 2.56. The van der Waals surface area contributed by atoms with Gasteiger partial charge in [-0.25, -0.2) is 4.98 Å². The first-order valence-corrected chi connectivity index (χ1v) is 9.65. The number of oxazole rings is 1. The van der Waals surface area contributed by atoms with Gasteiger partial charge in [0.2, 0.25) is 0 Å². The van der Waals surface area contributed by atoms with E-state index in [1.54, 1.807) is 61.5 Å². The quantitative estimate of drug-likeness (QED) is 0.409. The molecule has 1 atom stereocenters. The monoisotopic (exact) mass is 443 g/mol. The average molecular weight is 444 g/mol. The summed E-state index contributed by atoms with van der Waals surface area (Å²) in [4.78, 5) is 20.6. The summed E-state index contributed by atoms with van der Waals surface area (Å²) in [5, 5.41) is 3.53. The lowest BCUT2D eigenvalue weighted by molar-refractivity contribution is -0.122. The van der Waals surface area contributed by atoms with E-state index in [1.165, 1.54) is 6.20 Å². The summed E-state index contributed by atoms with van der Waals surface area (Å²) in [6.45, 7) is 1.63.